The van der Waals surface area contributed by atoms with Crippen LogP contribution in [-0.4, -0.2) is 41.8 Å². The van der Waals surface area contributed by atoms with Gasteiger partial charge in [-0.2, -0.15) is 12.1 Å². The van der Waals surface area contributed by atoms with Crippen molar-refractivity contribution in [2.45, 2.75) is 158 Å². The van der Waals surface area contributed by atoms with E-state index in [1.807, 2.05) is 0 Å². The quantitative estimate of drug-likeness (QED) is 0.115. The van der Waals surface area contributed by atoms with Crippen LogP contribution in [-0.2, 0) is 31.7 Å². The van der Waals surface area contributed by atoms with Crippen molar-refractivity contribution in [1.82, 2.24) is 0 Å². The van der Waals surface area contributed by atoms with Gasteiger partial charge in [0.05, 0.1) is 32.3 Å². The number of halogens is 2. The molecule has 0 amide bonds. The summed E-state index contributed by atoms with van der Waals surface area (Å²) in [5.74, 6) is 0. The van der Waals surface area contributed by atoms with Crippen LogP contribution < -0.4 is 20.7 Å². The summed E-state index contributed by atoms with van der Waals surface area (Å²) in [7, 11) is 5.31. The standard InChI is InChI=1S/2C26H37Si2.C2H6Si.2ClH.Zr/c2*1-18-13-19-11-12-24(26(2,3)4)25(23(19)14-18)20-15-21(27(5,6)7)17-22(16-20)28(8,9)10;1-3-2;;;/h2*11-17H,1-10H3;1-2H3;2*1H;/q2*-1;;;;+4/p-2. The molecule has 0 aliphatic heterocycles. The van der Waals surface area contributed by atoms with Crippen molar-refractivity contribution < 1.29 is 20.8 Å². The zero-order valence-corrected chi connectivity index (χ0v) is 51.8. The minimum absolute atomic E-state index is 0.114. The van der Waals surface area contributed by atoms with Gasteiger partial charge in [-0.05, 0) is 22.0 Å². The van der Waals surface area contributed by atoms with Gasteiger partial charge in [-0.3, -0.25) is 0 Å². The van der Waals surface area contributed by atoms with Crippen LogP contribution in [0.25, 0.3) is 43.8 Å². The molecule has 0 fully saturated rings. The zero-order valence-electron chi connectivity index (χ0n) is 42.8. The summed E-state index contributed by atoms with van der Waals surface area (Å²) in [6.45, 7) is 52.4. The van der Waals surface area contributed by atoms with Gasteiger partial charge in [0.1, 0.15) is 0 Å². The van der Waals surface area contributed by atoms with Gasteiger partial charge in [-0.1, -0.05) is 226 Å². The SMILES string of the molecule is C[Si]C.Cc1cc2c(-c3cc([Si](C)(C)C)cc([Si](C)(C)C)c3)c(C(C)(C)C)ccc2[cH-]1.Cc1cc2c(-c3cc([Si](C)(C)C)cc([Si](C)(C)C)c3)c(C(C)(C)C)ccc2[cH-]1.[Cl][Zr+2][Cl]. The van der Waals surface area contributed by atoms with Crippen LogP contribution in [0, 0.1) is 13.8 Å². The summed E-state index contributed by atoms with van der Waals surface area (Å²) in [5.41, 5.74) is 11.6. The van der Waals surface area contributed by atoms with Crippen LogP contribution >= 0.6 is 17.0 Å². The molecule has 6 rings (SSSR count). The van der Waals surface area contributed by atoms with Gasteiger partial charge in [0, 0.05) is 9.52 Å². The average molecular weight is 1030 g/mol. The van der Waals surface area contributed by atoms with Gasteiger partial charge in [0.2, 0.25) is 0 Å². The molecule has 8 heteroatoms. The first-order valence-corrected chi connectivity index (χ1v) is 44.8. The van der Waals surface area contributed by atoms with E-state index in [2.05, 4.69) is 232 Å². The Balaban J connectivity index is 0.000000293. The van der Waals surface area contributed by atoms with E-state index in [1.54, 1.807) is 20.7 Å². The predicted molar refractivity (Wildman–Crippen MR) is 298 cm³/mol. The monoisotopic (exact) mass is 1030 g/mol. The first-order chi connectivity index (χ1) is 28.2. The Bertz CT molecular complexity index is 2190. The summed E-state index contributed by atoms with van der Waals surface area (Å²) in [5, 5.41) is 11.9. The average Bonchev–Trinajstić information content (AvgIpc) is 3.69. The third kappa shape index (κ3) is 14.3. The minimum atomic E-state index is -1.41. The second-order valence-electron chi connectivity index (χ2n) is 23.7. The fraction of sp³-hybridized carbons (Fsp3) is 0.444. The van der Waals surface area contributed by atoms with Crippen molar-refractivity contribution in [3.05, 3.63) is 107 Å². The molecule has 0 atom stereocenters. The van der Waals surface area contributed by atoms with E-state index in [9.17, 15) is 0 Å². The molecule has 0 saturated heterocycles. The third-order valence-corrected chi connectivity index (χ3v) is 19.7. The van der Waals surface area contributed by atoms with E-state index in [4.69, 9.17) is 17.0 Å². The maximum atomic E-state index is 4.93. The third-order valence-electron chi connectivity index (χ3n) is 11.6. The maximum absolute atomic E-state index is 4.93. The van der Waals surface area contributed by atoms with Crippen LogP contribution in [0.4, 0.5) is 0 Å². The first-order valence-electron chi connectivity index (χ1n) is 22.5. The van der Waals surface area contributed by atoms with Crippen molar-refractivity contribution in [2.75, 3.05) is 0 Å². The zero-order chi connectivity index (χ0) is 47.6. The molecule has 6 aromatic carbocycles. The fourth-order valence-electron chi connectivity index (χ4n) is 8.01. The molecular formula is C54H80Cl2Si5Zr. The van der Waals surface area contributed by atoms with E-state index in [0.717, 1.165) is 9.52 Å². The van der Waals surface area contributed by atoms with Gasteiger partial charge in [0.15, 0.2) is 0 Å². The molecular weight excluding hydrogens is 951 g/mol. The first kappa shape index (κ1) is 55.0. The molecule has 0 saturated carbocycles. The van der Waals surface area contributed by atoms with Crippen LogP contribution in [0.5, 0.6) is 0 Å². The molecule has 2 radical (unpaired) electrons. The molecule has 0 nitrogen and oxygen atoms in total. The Morgan fingerprint density at radius 3 is 0.903 bits per heavy atom. The summed E-state index contributed by atoms with van der Waals surface area (Å²) in [4.78, 5) is 0. The van der Waals surface area contributed by atoms with E-state index in [-0.39, 0.29) is 10.8 Å². The molecule has 0 heterocycles. The number of hydrogen-bond acceptors (Lipinski definition) is 0. The summed E-state index contributed by atoms with van der Waals surface area (Å²) in [6, 6.07) is 33.9. The summed E-state index contributed by atoms with van der Waals surface area (Å²) >= 11 is -0.826. The van der Waals surface area contributed by atoms with Crippen LogP contribution in [0.3, 0.4) is 0 Å². The molecule has 0 aromatic heterocycles. The van der Waals surface area contributed by atoms with Crippen molar-refractivity contribution in [1.29, 1.82) is 0 Å². The Hall–Kier alpha value is -1.35. The molecule has 0 aliphatic carbocycles. The molecule has 0 unspecified atom stereocenters. The second kappa shape index (κ2) is 21.1. The summed E-state index contributed by atoms with van der Waals surface area (Å²) in [6.07, 6.45) is 0. The Morgan fingerprint density at radius 2 is 0.694 bits per heavy atom. The van der Waals surface area contributed by atoms with Gasteiger partial charge < -0.3 is 0 Å². The topological polar surface area (TPSA) is 0 Å². The Kier molecular flexibility index (Phi) is 18.7. The number of fused-ring (bicyclic) bond motifs is 2. The molecule has 0 N–H and O–H groups in total. The Labute approximate surface area is 405 Å². The van der Waals surface area contributed by atoms with E-state index >= 15 is 0 Å². The van der Waals surface area contributed by atoms with Crippen LogP contribution in [0.1, 0.15) is 63.8 Å². The van der Waals surface area contributed by atoms with Gasteiger partial charge in [-0.15, -0.1) is 69.1 Å². The number of aryl methyl sites for hydroxylation is 2. The van der Waals surface area contributed by atoms with E-state index < -0.39 is 53.1 Å². The van der Waals surface area contributed by atoms with Gasteiger partial charge in [0.25, 0.3) is 0 Å². The predicted octanol–water partition coefficient (Wildman–Crippen LogP) is 16.0. The van der Waals surface area contributed by atoms with Crippen molar-refractivity contribution >= 4 is 101 Å². The van der Waals surface area contributed by atoms with Gasteiger partial charge in [-0.25, -0.2) is 0 Å². The molecule has 0 spiro atoms. The fourth-order valence-corrected chi connectivity index (χ4v) is 13.0. The van der Waals surface area contributed by atoms with Crippen LogP contribution in [0.15, 0.2) is 84.9 Å². The molecule has 62 heavy (non-hydrogen) atoms. The number of hydrogen-bond donors (Lipinski definition) is 0. The van der Waals surface area contributed by atoms with Crippen LogP contribution in [0.2, 0.25) is 91.7 Å². The summed E-state index contributed by atoms with van der Waals surface area (Å²) < 4.78 is 0. The van der Waals surface area contributed by atoms with E-state index in [1.165, 1.54) is 66.1 Å². The molecule has 6 aromatic rings. The molecule has 0 bridgehead atoms. The van der Waals surface area contributed by atoms with E-state index in [0.29, 0.717) is 0 Å². The second-order valence-corrected chi connectivity index (χ2v) is 48.8. The molecule has 0 aliphatic rings. The number of benzene rings is 4. The van der Waals surface area contributed by atoms with Gasteiger partial charge >= 0.3 is 37.9 Å². The van der Waals surface area contributed by atoms with Crippen molar-refractivity contribution in [2.24, 2.45) is 0 Å². The Morgan fingerprint density at radius 1 is 0.452 bits per heavy atom. The van der Waals surface area contributed by atoms with Crippen molar-refractivity contribution in [3.63, 3.8) is 0 Å². The molecule has 334 valence electrons. The van der Waals surface area contributed by atoms with Crippen molar-refractivity contribution in [3.8, 4) is 22.3 Å². The number of rotatable bonds is 6. The normalized spacial score (nSPS) is 12.5.